The van der Waals surface area contributed by atoms with Gasteiger partial charge in [-0.1, -0.05) is 12.1 Å². The molecule has 0 bridgehead atoms. The third kappa shape index (κ3) is 4.87. The van der Waals surface area contributed by atoms with Crippen molar-refractivity contribution in [2.75, 3.05) is 6.61 Å². The van der Waals surface area contributed by atoms with E-state index in [0.29, 0.717) is 5.75 Å². The van der Waals surface area contributed by atoms with Crippen molar-refractivity contribution < 1.29 is 14.6 Å². The molecule has 0 aromatic heterocycles. The molecule has 1 amide bonds. The van der Waals surface area contributed by atoms with Crippen molar-refractivity contribution in [3.05, 3.63) is 29.8 Å². The summed E-state index contributed by atoms with van der Waals surface area (Å²) in [6, 6.07) is 7.19. The first-order chi connectivity index (χ1) is 7.99. The Morgan fingerprint density at radius 3 is 2.71 bits per heavy atom. The first-order valence-electron chi connectivity index (χ1n) is 5.69. The number of aliphatic hydroxyl groups excluding tert-OH is 1. The molecule has 1 aromatic rings. The molecule has 0 aliphatic carbocycles. The Hall–Kier alpha value is -1.55. The molecule has 4 heteroatoms. The van der Waals surface area contributed by atoms with Crippen LogP contribution in [-0.2, 0) is 4.79 Å². The van der Waals surface area contributed by atoms with Gasteiger partial charge in [0.15, 0.2) is 6.61 Å². The number of hydrogen-bond donors (Lipinski definition) is 2. The molecule has 0 heterocycles. The third-order valence-electron chi connectivity index (χ3n) is 2.16. The van der Waals surface area contributed by atoms with Crippen molar-refractivity contribution in [3.63, 3.8) is 0 Å². The van der Waals surface area contributed by atoms with E-state index in [-0.39, 0.29) is 18.6 Å². The van der Waals surface area contributed by atoms with E-state index in [1.165, 1.54) is 0 Å². The molecule has 0 aliphatic heterocycles. The van der Waals surface area contributed by atoms with Crippen LogP contribution in [0.3, 0.4) is 0 Å². The zero-order chi connectivity index (χ0) is 12.8. The predicted molar refractivity (Wildman–Crippen MR) is 65.8 cm³/mol. The van der Waals surface area contributed by atoms with Crippen LogP contribution < -0.4 is 10.1 Å². The second-order valence-corrected chi connectivity index (χ2v) is 4.26. The molecule has 1 rings (SSSR count). The van der Waals surface area contributed by atoms with E-state index in [1.807, 2.05) is 19.9 Å². The van der Waals surface area contributed by atoms with Crippen LogP contribution >= 0.6 is 0 Å². The average Bonchev–Trinajstić information content (AvgIpc) is 2.26. The second kappa shape index (κ2) is 6.25. The maximum atomic E-state index is 11.4. The summed E-state index contributed by atoms with van der Waals surface area (Å²) in [5.41, 5.74) is 0.770. The zero-order valence-corrected chi connectivity index (χ0v) is 10.4. The maximum Gasteiger partial charge on any atom is 0.258 e. The molecule has 0 fully saturated rings. The lowest BCUT2D eigenvalue weighted by molar-refractivity contribution is -0.123. The van der Waals surface area contributed by atoms with Crippen molar-refractivity contribution in [2.24, 2.45) is 0 Å². The third-order valence-corrected chi connectivity index (χ3v) is 2.16. The quantitative estimate of drug-likeness (QED) is 0.818. The molecule has 0 saturated carbocycles. The fraction of sp³-hybridized carbons (Fsp3) is 0.462. The maximum absolute atomic E-state index is 11.4. The van der Waals surface area contributed by atoms with Gasteiger partial charge in [0.25, 0.3) is 5.91 Å². The van der Waals surface area contributed by atoms with Crippen molar-refractivity contribution in [3.8, 4) is 5.75 Å². The van der Waals surface area contributed by atoms with Crippen LogP contribution in [0.5, 0.6) is 5.75 Å². The Kier molecular flexibility index (Phi) is 4.97. The number of nitrogens with one attached hydrogen (secondary N) is 1. The summed E-state index contributed by atoms with van der Waals surface area (Å²) in [5.74, 6) is 0.435. The first kappa shape index (κ1) is 13.5. The largest absolute Gasteiger partial charge is 0.484 e. The summed E-state index contributed by atoms with van der Waals surface area (Å²) in [6.45, 7) is 5.46. The molecule has 17 heavy (non-hydrogen) atoms. The Morgan fingerprint density at radius 2 is 2.12 bits per heavy atom. The van der Waals surface area contributed by atoms with E-state index in [9.17, 15) is 9.90 Å². The number of carbonyl (C=O) groups is 1. The lowest BCUT2D eigenvalue weighted by Crippen LogP contribution is -2.34. The van der Waals surface area contributed by atoms with Crippen LogP contribution in [-0.4, -0.2) is 23.7 Å². The Bertz CT molecular complexity index is 375. The van der Waals surface area contributed by atoms with Gasteiger partial charge in [-0.25, -0.2) is 0 Å². The minimum atomic E-state index is -0.539. The van der Waals surface area contributed by atoms with E-state index in [2.05, 4.69) is 5.32 Å². The summed E-state index contributed by atoms with van der Waals surface area (Å²) in [6.07, 6.45) is -0.539. The number of aliphatic hydroxyl groups is 1. The van der Waals surface area contributed by atoms with Gasteiger partial charge in [0.05, 0.1) is 6.10 Å². The number of carbonyl (C=O) groups excluding carboxylic acids is 1. The van der Waals surface area contributed by atoms with E-state index in [0.717, 1.165) is 5.56 Å². The molecule has 4 nitrogen and oxygen atoms in total. The molecular formula is C13H19NO3. The molecule has 0 aliphatic rings. The lowest BCUT2D eigenvalue weighted by Gasteiger charge is -2.11. The zero-order valence-electron chi connectivity index (χ0n) is 10.4. The minimum Gasteiger partial charge on any atom is -0.484 e. The van der Waals surface area contributed by atoms with E-state index in [4.69, 9.17) is 4.74 Å². The highest BCUT2D eigenvalue weighted by molar-refractivity contribution is 5.77. The van der Waals surface area contributed by atoms with Gasteiger partial charge in [0, 0.05) is 6.04 Å². The Morgan fingerprint density at radius 1 is 1.41 bits per heavy atom. The van der Waals surface area contributed by atoms with Crippen LogP contribution in [0.15, 0.2) is 24.3 Å². The SMILES string of the molecule is CC(C)NC(=O)COc1cccc(C(C)O)c1. The molecule has 2 N–H and O–H groups in total. The summed E-state index contributed by atoms with van der Waals surface area (Å²) < 4.78 is 5.34. The highest BCUT2D eigenvalue weighted by atomic mass is 16.5. The van der Waals surface area contributed by atoms with Crippen molar-refractivity contribution >= 4 is 5.91 Å². The van der Waals surface area contributed by atoms with Gasteiger partial charge in [-0.15, -0.1) is 0 Å². The van der Waals surface area contributed by atoms with Crippen LogP contribution in [0.2, 0.25) is 0 Å². The van der Waals surface area contributed by atoms with Gasteiger partial charge >= 0.3 is 0 Å². The Balaban J connectivity index is 2.52. The summed E-state index contributed by atoms with van der Waals surface area (Å²) in [7, 11) is 0. The van der Waals surface area contributed by atoms with Crippen molar-refractivity contribution in [1.82, 2.24) is 5.32 Å². The van der Waals surface area contributed by atoms with Crippen LogP contribution in [0.25, 0.3) is 0 Å². The van der Waals surface area contributed by atoms with Crippen LogP contribution in [0.1, 0.15) is 32.4 Å². The smallest absolute Gasteiger partial charge is 0.258 e. The standard InChI is InChI=1S/C13H19NO3/c1-9(2)14-13(16)8-17-12-6-4-5-11(7-12)10(3)15/h4-7,9-10,15H,8H2,1-3H3,(H,14,16). The molecule has 1 unspecified atom stereocenters. The van der Waals surface area contributed by atoms with Crippen molar-refractivity contribution in [2.45, 2.75) is 32.9 Å². The molecule has 0 saturated heterocycles. The molecule has 1 aromatic carbocycles. The van der Waals surface area contributed by atoms with E-state index >= 15 is 0 Å². The van der Waals surface area contributed by atoms with Crippen LogP contribution in [0, 0.1) is 0 Å². The topological polar surface area (TPSA) is 58.6 Å². The molecular weight excluding hydrogens is 218 g/mol. The highest BCUT2D eigenvalue weighted by Crippen LogP contribution is 2.18. The number of amides is 1. The van der Waals surface area contributed by atoms with Gasteiger partial charge in [-0.3, -0.25) is 4.79 Å². The van der Waals surface area contributed by atoms with E-state index in [1.54, 1.807) is 25.1 Å². The summed E-state index contributed by atoms with van der Waals surface area (Å²) in [5, 5.41) is 12.1. The summed E-state index contributed by atoms with van der Waals surface area (Å²) >= 11 is 0. The summed E-state index contributed by atoms with van der Waals surface area (Å²) in [4.78, 5) is 11.4. The van der Waals surface area contributed by atoms with Gasteiger partial charge in [0.2, 0.25) is 0 Å². The molecule has 1 atom stereocenters. The Labute approximate surface area is 102 Å². The van der Waals surface area contributed by atoms with Crippen LogP contribution in [0.4, 0.5) is 0 Å². The molecule has 0 spiro atoms. The van der Waals surface area contributed by atoms with Gasteiger partial charge in [-0.2, -0.15) is 0 Å². The minimum absolute atomic E-state index is 0.0125. The number of rotatable bonds is 5. The van der Waals surface area contributed by atoms with E-state index < -0.39 is 6.10 Å². The predicted octanol–water partition coefficient (Wildman–Crippen LogP) is 1.64. The average molecular weight is 237 g/mol. The molecule has 0 radical (unpaired) electrons. The van der Waals surface area contributed by atoms with Gasteiger partial charge < -0.3 is 15.2 Å². The fourth-order valence-corrected chi connectivity index (χ4v) is 1.38. The normalized spacial score (nSPS) is 12.3. The monoisotopic (exact) mass is 237 g/mol. The highest BCUT2D eigenvalue weighted by Gasteiger charge is 2.06. The lowest BCUT2D eigenvalue weighted by atomic mass is 10.1. The number of ether oxygens (including phenoxy) is 1. The molecule has 94 valence electrons. The first-order valence-corrected chi connectivity index (χ1v) is 5.69. The van der Waals surface area contributed by atoms with Gasteiger partial charge in [0.1, 0.15) is 5.75 Å². The second-order valence-electron chi connectivity index (χ2n) is 4.26. The van der Waals surface area contributed by atoms with Gasteiger partial charge in [-0.05, 0) is 38.5 Å². The fourth-order valence-electron chi connectivity index (χ4n) is 1.38. The van der Waals surface area contributed by atoms with Crippen molar-refractivity contribution in [1.29, 1.82) is 0 Å². The number of benzene rings is 1. The number of hydrogen-bond acceptors (Lipinski definition) is 3.